The molecule has 1 nitrogen and oxygen atoms in total. The number of benzene rings is 2. The standard InChI is InChI=1S/C19H16FN/c1-12-10-14(8-9-17(12)20)16-11-19(13-6-7-13)21-18-5-3-2-4-15(16)18/h2-5,8-11,13H,6-7H2,1H3. The minimum atomic E-state index is -0.153. The van der Waals surface area contributed by atoms with Crippen LogP contribution in [0.5, 0.6) is 0 Å². The zero-order valence-electron chi connectivity index (χ0n) is 11.9. The van der Waals surface area contributed by atoms with Gasteiger partial charge in [-0.1, -0.05) is 24.3 Å². The van der Waals surface area contributed by atoms with E-state index in [9.17, 15) is 4.39 Å². The molecule has 1 aliphatic rings. The minimum Gasteiger partial charge on any atom is -0.253 e. The van der Waals surface area contributed by atoms with Gasteiger partial charge in [0.05, 0.1) is 5.52 Å². The maximum atomic E-state index is 13.5. The van der Waals surface area contributed by atoms with Crippen LogP contribution in [0.2, 0.25) is 0 Å². The zero-order chi connectivity index (χ0) is 14.4. The molecule has 4 rings (SSSR count). The Bertz CT molecular complexity index is 834. The van der Waals surface area contributed by atoms with Crippen molar-refractivity contribution in [2.45, 2.75) is 25.7 Å². The fraction of sp³-hybridized carbons (Fsp3) is 0.211. The van der Waals surface area contributed by atoms with Gasteiger partial charge in [0.15, 0.2) is 0 Å². The Morgan fingerprint density at radius 3 is 2.62 bits per heavy atom. The maximum Gasteiger partial charge on any atom is 0.126 e. The van der Waals surface area contributed by atoms with E-state index in [4.69, 9.17) is 4.98 Å². The summed E-state index contributed by atoms with van der Waals surface area (Å²) in [6, 6.07) is 15.7. The Labute approximate surface area is 123 Å². The van der Waals surface area contributed by atoms with E-state index in [1.807, 2.05) is 31.2 Å². The SMILES string of the molecule is Cc1cc(-c2cc(C3CC3)nc3ccccc23)ccc1F. The lowest BCUT2D eigenvalue weighted by Gasteiger charge is -2.10. The highest BCUT2D eigenvalue weighted by molar-refractivity contribution is 5.94. The number of nitrogens with zero attached hydrogens (tertiary/aromatic N) is 1. The predicted octanol–water partition coefficient (Wildman–Crippen LogP) is 5.23. The first kappa shape index (κ1) is 12.5. The van der Waals surface area contributed by atoms with Crippen molar-refractivity contribution in [1.82, 2.24) is 4.98 Å². The van der Waals surface area contributed by atoms with Gasteiger partial charge in [0.2, 0.25) is 0 Å². The van der Waals surface area contributed by atoms with Crippen LogP contribution in [0, 0.1) is 12.7 Å². The molecule has 1 heterocycles. The molecule has 0 aliphatic heterocycles. The lowest BCUT2D eigenvalue weighted by Crippen LogP contribution is -1.92. The maximum absolute atomic E-state index is 13.5. The van der Waals surface area contributed by atoms with Crippen molar-refractivity contribution in [2.24, 2.45) is 0 Å². The lowest BCUT2D eigenvalue weighted by molar-refractivity contribution is 0.619. The highest BCUT2D eigenvalue weighted by atomic mass is 19.1. The van der Waals surface area contributed by atoms with Gasteiger partial charge in [-0.15, -0.1) is 0 Å². The summed E-state index contributed by atoms with van der Waals surface area (Å²) in [4.78, 5) is 4.79. The van der Waals surface area contributed by atoms with E-state index < -0.39 is 0 Å². The molecule has 0 radical (unpaired) electrons. The van der Waals surface area contributed by atoms with Crippen molar-refractivity contribution in [3.05, 3.63) is 65.6 Å². The molecule has 2 heteroatoms. The van der Waals surface area contributed by atoms with Crippen molar-refractivity contribution in [3.63, 3.8) is 0 Å². The number of para-hydroxylation sites is 1. The number of hydrogen-bond donors (Lipinski definition) is 0. The fourth-order valence-corrected chi connectivity index (χ4v) is 2.84. The van der Waals surface area contributed by atoms with Gasteiger partial charge in [0.1, 0.15) is 5.82 Å². The number of aromatic nitrogens is 1. The van der Waals surface area contributed by atoms with Crippen LogP contribution in [0.15, 0.2) is 48.5 Å². The van der Waals surface area contributed by atoms with E-state index in [1.165, 1.54) is 18.5 Å². The Morgan fingerprint density at radius 1 is 1.05 bits per heavy atom. The second-order valence-corrected chi connectivity index (χ2v) is 5.85. The van der Waals surface area contributed by atoms with Gasteiger partial charge in [-0.2, -0.15) is 0 Å². The van der Waals surface area contributed by atoms with Gasteiger partial charge in [-0.25, -0.2) is 4.39 Å². The average Bonchev–Trinajstić information content (AvgIpc) is 3.34. The molecule has 1 saturated carbocycles. The zero-order valence-corrected chi connectivity index (χ0v) is 11.9. The van der Waals surface area contributed by atoms with Crippen LogP contribution >= 0.6 is 0 Å². The first-order chi connectivity index (χ1) is 10.2. The summed E-state index contributed by atoms with van der Waals surface area (Å²) in [6.45, 7) is 1.81. The highest BCUT2D eigenvalue weighted by Crippen LogP contribution is 2.41. The normalized spacial score (nSPS) is 14.6. The van der Waals surface area contributed by atoms with Crippen LogP contribution in [0.3, 0.4) is 0 Å². The number of hydrogen-bond acceptors (Lipinski definition) is 1. The molecular formula is C19H16FN. The van der Waals surface area contributed by atoms with Crippen LogP contribution in [-0.2, 0) is 0 Å². The molecule has 1 aromatic heterocycles. The van der Waals surface area contributed by atoms with Gasteiger partial charge < -0.3 is 0 Å². The van der Waals surface area contributed by atoms with Gasteiger partial charge in [0, 0.05) is 17.0 Å². The quantitative estimate of drug-likeness (QED) is 0.625. The molecule has 0 unspecified atom stereocenters. The summed E-state index contributed by atoms with van der Waals surface area (Å²) in [5, 5.41) is 1.13. The first-order valence-corrected chi connectivity index (χ1v) is 7.38. The second-order valence-electron chi connectivity index (χ2n) is 5.85. The Morgan fingerprint density at radius 2 is 1.86 bits per heavy atom. The van der Waals surface area contributed by atoms with Gasteiger partial charge in [-0.05, 0) is 60.7 Å². The van der Waals surface area contributed by atoms with Crippen LogP contribution in [0.4, 0.5) is 4.39 Å². The summed E-state index contributed by atoms with van der Waals surface area (Å²) in [5.41, 5.74) is 5.10. The third kappa shape index (κ3) is 2.21. The number of pyridine rings is 1. The molecule has 104 valence electrons. The Kier molecular flexibility index (Phi) is 2.78. The molecular weight excluding hydrogens is 261 g/mol. The van der Waals surface area contributed by atoms with Gasteiger partial charge in [-0.3, -0.25) is 4.98 Å². The number of rotatable bonds is 2. The fourth-order valence-electron chi connectivity index (χ4n) is 2.84. The van der Waals surface area contributed by atoms with E-state index in [0.717, 1.165) is 22.0 Å². The molecule has 0 bridgehead atoms. The molecule has 3 aromatic rings. The van der Waals surface area contributed by atoms with Crippen molar-refractivity contribution in [1.29, 1.82) is 0 Å². The minimum absolute atomic E-state index is 0.153. The van der Waals surface area contributed by atoms with Crippen LogP contribution in [0.25, 0.3) is 22.0 Å². The topological polar surface area (TPSA) is 12.9 Å². The molecule has 0 spiro atoms. The molecule has 2 aromatic carbocycles. The van der Waals surface area contributed by atoms with E-state index in [0.29, 0.717) is 11.5 Å². The highest BCUT2D eigenvalue weighted by Gasteiger charge is 2.26. The summed E-state index contributed by atoms with van der Waals surface area (Å²) < 4.78 is 13.5. The molecule has 0 saturated heterocycles. The summed E-state index contributed by atoms with van der Waals surface area (Å²) >= 11 is 0. The molecule has 0 N–H and O–H groups in total. The van der Waals surface area contributed by atoms with Crippen molar-refractivity contribution < 1.29 is 4.39 Å². The van der Waals surface area contributed by atoms with Crippen molar-refractivity contribution >= 4 is 10.9 Å². The summed E-state index contributed by atoms with van der Waals surface area (Å²) in [7, 11) is 0. The van der Waals surface area contributed by atoms with Gasteiger partial charge in [0.25, 0.3) is 0 Å². The predicted molar refractivity (Wildman–Crippen MR) is 83.8 cm³/mol. The summed E-state index contributed by atoms with van der Waals surface area (Å²) in [5.74, 6) is 0.453. The van der Waals surface area contributed by atoms with Crippen LogP contribution in [0.1, 0.15) is 30.0 Å². The van der Waals surface area contributed by atoms with E-state index in [2.05, 4.69) is 18.2 Å². The third-order valence-corrected chi connectivity index (χ3v) is 4.20. The molecule has 21 heavy (non-hydrogen) atoms. The van der Waals surface area contributed by atoms with E-state index >= 15 is 0 Å². The molecule has 0 amide bonds. The first-order valence-electron chi connectivity index (χ1n) is 7.38. The van der Waals surface area contributed by atoms with Crippen LogP contribution in [-0.4, -0.2) is 4.98 Å². The number of aryl methyl sites for hydroxylation is 1. The molecule has 0 atom stereocenters. The molecule has 1 fully saturated rings. The van der Waals surface area contributed by atoms with E-state index in [1.54, 1.807) is 6.07 Å². The number of halogens is 1. The number of fused-ring (bicyclic) bond motifs is 1. The smallest absolute Gasteiger partial charge is 0.126 e. The lowest BCUT2D eigenvalue weighted by atomic mass is 9.98. The third-order valence-electron chi connectivity index (χ3n) is 4.20. The van der Waals surface area contributed by atoms with E-state index in [-0.39, 0.29) is 5.82 Å². The molecule has 1 aliphatic carbocycles. The average molecular weight is 277 g/mol. The van der Waals surface area contributed by atoms with Crippen LogP contribution < -0.4 is 0 Å². The van der Waals surface area contributed by atoms with Crippen molar-refractivity contribution in [3.8, 4) is 11.1 Å². The second kappa shape index (κ2) is 4.66. The van der Waals surface area contributed by atoms with Crippen molar-refractivity contribution in [2.75, 3.05) is 0 Å². The Balaban J connectivity index is 1.99. The Hall–Kier alpha value is -2.22. The van der Waals surface area contributed by atoms with Gasteiger partial charge >= 0.3 is 0 Å². The largest absolute Gasteiger partial charge is 0.253 e. The summed E-state index contributed by atoms with van der Waals surface area (Å²) in [6.07, 6.45) is 2.46. The monoisotopic (exact) mass is 277 g/mol.